The number of aryl methyl sites for hydroxylation is 2. The van der Waals surface area contributed by atoms with Gasteiger partial charge in [-0.25, -0.2) is 9.78 Å². The van der Waals surface area contributed by atoms with Crippen LogP contribution in [0.5, 0.6) is 17.2 Å². The van der Waals surface area contributed by atoms with Crippen molar-refractivity contribution in [3.8, 4) is 28.6 Å². The van der Waals surface area contributed by atoms with Crippen molar-refractivity contribution in [1.29, 1.82) is 0 Å². The lowest BCUT2D eigenvalue weighted by molar-refractivity contribution is 0.105. The Morgan fingerprint density at radius 2 is 1.88 bits per heavy atom. The maximum Gasteiger partial charge on any atom is 0.513 e. The zero-order valence-electron chi connectivity index (χ0n) is 22.4. The Morgan fingerprint density at radius 1 is 1.07 bits per heavy atom. The number of methoxy groups -OCH3 is 1. The summed E-state index contributed by atoms with van der Waals surface area (Å²) in [5.74, 6) is 3.35. The van der Waals surface area contributed by atoms with Gasteiger partial charge in [0.25, 0.3) is 0 Å². The molecular formula is C29H27ClN4O5S. The fourth-order valence-electron chi connectivity index (χ4n) is 4.20. The minimum Gasteiger partial charge on any atom is -0.497 e. The number of fused-ring (bicyclic) bond motifs is 1. The Hall–Kier alpha value is -4.15. The molecule has 0 atom stereocenters. The summed E-state index contributed by atoms with van der Waals surface area (Å²) in [6, 6.07) is 13.9. The Balaban J connectivity index is 1.39. The van der Waals surface area contributed by atoms with Crippen molar-refractivity contribution < 1.29 is 23.7 Å². The second kappa shape index (κ2) is 11.9. The van der Waals surface area contributed by atoms with Crippen LogP contribution in [0.4, 0.5) is 4.79 Å². The number of aromatic nitrogens is 4. The third-order valence-electron chi connectivity index (χ3n) is 6.31. The average Bonchev–Trinajstić information content (AvgIpc) is 3.55. The highest BCUT2D eigenvalue weighted by Crippen LogP contribution is 2.38. The van der Waals surface area contributed by atoms with Crippen molar-refractivity contribution >= 4 is 39.2 Å². The first-order chi connectivity index (χ1) is 19.4. The third-order valence-corrected chi connectivity index (χ3v) is 7.64. The first-order valence-corrected chi connectivity index (χ1v) is 13.8. The summed E-state index contributed by atoms with van der Waals surface area (Å²) in [7, 11) is 1.65. The van der Waals surface area contributed by atoms with Crippen LogP contribution >= 0.6 is 22.9 Å². The zero-order chi connectivity index (χ0) is 28.2. The third kappa shape index (κ3) is 5.73. The van der Waals surface area contributed by atoms with E-state index in [1.165, 1.54) is 17.5 Å². The van der Waals surface area contributed by atoms with Crippen molar-refractivity contribution in [2.75, 3.05) is 13.7 Å². The molecule has 0 radical (unpaired) electrons. The number of carbonyl (C=O) groups is 1. The first kappa shape index (κ1) is 27.4. The summed E-state index contributed by atoms with van der Waals surface area (Å²) in [5, 5.41) is 11.7. The van der Waals surface area contributed by atoms with Crippen molar-refractivity contribution in [3.05, 3.63) is 81.7 Å². The molecule has 0 unspecified atom stereocenters. The van der Waals surface area contributed by atoms with Gasteiger partial charge in [-0.1, -0.05) is 35.9 Å². The number of benzene rings is 2. The van der Waals surface area contributed by atoms with Gasteiger partial charge >= 0.3 is 6.16 Å². The van der Waals surface area contributed by atoms with Crippen molar-refractivity contribution in [1.82, 2.24) is 19.7 Å². The summed E-state index contributed by atoms with van der Waals surface area (Å²) < 4.78 is 24.5. The highest BCUT2D eigenvalue weighted by atomic mass is 35.5. The van der Waals surface area contributed by atoms with Crippen LogP contribution in [0.2, 0.25) is 5.15 Å². The predicted molar refractivity (Wildman–Crippen MR) is 154 cm³/mol. The number of hydrogen-bond acceptors (Lipinski definition) is 9. The van der Waals surface area contributed by atoms with Crippen LogP contribution in [0.1, 0.15) is 29.4 Å². The first-order valence-electron chi connectivity index (χ1n) is 12.5. The second-order valence-corrected chi connectivity index (χ2v) is 10.2. The predicted octanol–water partition coefficient (Wildman–Crippen LogP) is 7.00. The molecule has 5 aromatic rings. The minimum atomic E-state index is -0.790. The van der Waals surface area contributed by atoms with Gasteiger partial charge in [0.1, 0.15) is 29.1 Å². The van der Waals surface area contributed by atoms with E-state index in [0.29, 0.717) is 33.3 Å². The number of ether oxygens (including phenoxy) is 4. The van der Waals surface area contributed by atoms with E-state index in [0.717, 1.165) is 39.7 Å². The van der Waals surface area contributed by atoms with Gasteiger partial charge in [0, 0.05) is 16.5 Å². The molecule has 0 N–H and O–H groups in total. The molecule has 5 rings (SSSR count). The molecule has 0 bridgehead atoms. The number of hydrogen-bond donors (Lipinski definition) is 0. The molecule has 0 aliphatic carbocycles. The van der Waals surface area contributed by atoms with Crippen LogP contribution in [0.3, 0.4) is 0 Å². The fraction of sp³-hybridized carbons (Fsp3) is 0.241. The Bertz CT molecular complexity index is 1670. The molecule has 0 spiro atoms. The molecule has 0 saturated heterocycles. The summed E-state index contributed by atoms with van der Waals surface area (Å²) in [5.41, 5.74) is 3.79. The van der Waals surface area contributed by atoms with Crippen LogP contribution in [-0.2, 0) is 17.9 Å². The van der Waals surface area contributed by atoms with E-state index in [2.05, 4.69) is 19.7 Å². The molecule has 0 aliphatic rings. The van der Waals surface area contributed by atoms with Crippen LogP contribution in [0.15, 0.2) is 54.0 Å². The van der Waals surface area contributed by atoms with E-state index in [1.54, 1.807) is 14.0 Å². The van der Waals surface area contributed by atoms with E-state index >= 15 is 0 Å². The fourth-order valence-corrected chi connectivity index (χ4v) is 5.53. The van der Waals surface area contributed by atoms with E-state index < -0.39 is 6.16 Å². The van der Waals surface area contributed by atoms with Gasteiger partial charge in [-0.15, -0.1) is 21.5 Å². The number of carbonyl (C=O) groups excluding carboxylic acids is 1. The molecule has 11 heteroatoms. The van der Waals surface area contributed by atoms with E-state index in [-0.39, 0.29) is 13.2 Å². The lowest BCUT2D eigenvalue weighted by atomic mass is 10.1. The lowest BCUT2D eigenvalue weighted by Gasteiger charge is -2.13. The SMILES string of the molecule is CCOC(=O)Oc1cnc(Cl)c2c(COc3cc(-c4nnc(C)n4Cc4ccc(OC)cc4)ccc3C)csc12. The van der Waals surface area contributed by atoms with Gasteiger partial charge < -0.3 is 23.5 Å². The summed E-state index contributed by atoms with van der Waals surface area (Å²) in [6.45, 7) is 6.70. The minimum absolute atomic E-state index is 0.211. The molecule has 3 heterocycles. The highest BCUT2D eigenvalue weighted by molar-refractivity contribution is 7.17. The number of rotatable bonds is 9. The van der Waals surface area contributed by atoms with E-state index in [9.17, 15) is 4.79 Å². The molecule has 2 aromatic carbocycles. The summed E-state index contributed by atoms with van der Waals surface area (Å²) >= 11 is 7.83. The lowest BCUT2D eigenvalue weighted by Crippen LogP contribution is -2.10. The summed E-state index contributed by atoms with van der Waals surface area (Å²) in [6.07, 6.45) is 0.627. The van der Waals surface area contributed by atoms with Gasteiger partial charge in [-0.3, -0.25) is 0 Å². The molecule has 0 aliphatic heterocycles. The normalized spacial score (nSPS) is 11.0. The van der Waals surface area contributed by atoms with Gasteiger partial charge in [0.05, 0.1) is 31.2 Å². The van der Waals surface area contributed by atoms with Crippen LogP contribution in [0, 0.1) is 13.8 Å². The molecular weight excluding hydrogens is 552 g/mol. The Morgan fingerprint density at radius 3 is 2.62 bits per heavy atom. The van der Waals surface area contributed by atoms with Crippen molar-refractivity contribution in [3.63, 3.8) is 0 Å². The monoisotopic (exact) mass is 578 g/mol. The van der Waals surface area contributed by atoms with Crippen molar-refractivity contribution in [2.24, 2.45) is 0 Å². The topological polar surface area (TPSA) is 97.6 Å². The molecule has 0 saturated carbocycles. The number of pyridine rings is 1. The van der Waals surface area contributed by atoms with Crippen molar-refractivity contribution in [2.45, 2.75) is 33.9 Å². The Kier molecular flexibility index (Phi) is 8.18. The molecule has 40 heavy (non-hydrogen) atoms. The average molecular weight is 579 g/mol. The maximum atomic E-state index is 11.9. The Labute approximate surface area is 240 Å². The number of halogens is 1. The van der Waals surface area contributed by atoms with Gasteiger partial charge in [-0.05, 0) is 55.5 Å². The van der Waals surface area contributed by atoms with Gasteiger partial charge in [0.2, 0.25) is 0 Å². The summed E-state index contributed by atoms with van der Waals surface area (Å²) in [4.78, 5) is 16.1. The maximum absolute atomic E-state index is 11.9. The highest BCUT2D eigenvalue weighted by Gasteiger charge is 2.18. The van der Waals surface area contributed by atoms with E-state index in [1.807, 2.05) is 61.7 Å². The van der Waals surface area contributed by atoms with Gasteiger partial charge in [-0.2, -0.15) is 0 Å². The smallest absolute Gasteiger partial charge is 0.497 e. The largest absolute Gasteiger partial charge is 0.513 e. The number of nitrogens with zero attached hydrogens (tertiary/aromatic N) is 4. The standard InChI is InChI=1S/C29H27ClN4O5S/c1-5-37-29(35)39-24-13-31-27(30)25-21(16-40-26(24)25)15-38-23-12-20(9-6-17(23)2)28-33-32-18(3)34(28)14-19-7-10-22(36-4)11-8-19/h6-13,16H,5,14-15H2,1-4H3. The molecule has 0 fully saturated rings. The molecule has 3 aromatic heterocycles. The van der Waals surface area contributed by atoms with E-state index in [4.69, 9.17) is 30.5 Å². The van der Waals surface area contributed by atoms with Crippen LogP contribution < -0.4 is 14.2 Å². The van der Waals surface area contributed by atoms with Crippen LogP contribution in [-0.4, -0.2) is 39.6 Å². The number of thiophene rings is 1. The van der Waals surface area contributed by atoms with Crippen LogP contribution in [0.25, 0.3) is 21.5 Å². The second-order valence-electron chi connectivity index (χ2n) is 8.94. The molecule has 9 nitrogen and oxygen atoms in total. The quantitative estimate of drug-likeness (QED) is 0.136. The molecule has 206 valence electrons. The van der Waals surface area contributed by atoms with Gasteiger partial charge in [0.15, 0.2) is 11.6 Å². The molecule has 0 amide bonds. The zero-order valence-corrected chi connectivity index (χ0v) is 24.0.